The van der Waals surface area contributed by atoms with Crippen LogP contribution in [0.4, 0.5) is 18.0 Å². The monoisotopic (exact) mass is 354 g/mol. The Hall–Kier alpha value is -1.80. The van der Waals surface area contributed by atoms with Crippen molar-refractivity contribution >= 4 is 6.03 Å². The number of benzene rings is 1. The van der Waals surface area contributed by atoms with Gasteiger partial charge in [-0.05, 0) is 30.9 Å². The third kappa shape index (κ3) is 2.97. The maximum atomic E-state index is 14.1. The molecule has 0 bridgehead atoms. The lowest BCUT2D eigenvalue weighted by Gasteiger charge is -2.39. The molecule has 1 aromatic carbocycles. The molecule has 3 fully saturated rings. The number of rotatable bonds is 2. The van der Waals surface area contributed by atoms with Crippen molar-refractivity contribution in [1.82, 2.24) is 15.5 Å². The molecular formula is C17H21F3N4O. The molecule has 5 atom stereocenters. The van der Waals surface area contributed by atoms with Crippen molar-refractivity contribution in [3.05, 3.63) is 35.1 Å². The summed E-state index contributed by atoms with van der Waals surface area (Å²) in [6, 6.07) is 1.58. The van der Waals surface area contributed by atoms with E-state index in [0.29, 0.717) is 18.9 Å². The number of fused-ring (bicyclic) bond motifs is 1. The number of likely N-dealkylation sites (tertiary alicyclic amines) is 1. The molecule has 3 unspecified atom stereocenters. The summed E-state index contributed by atoms with van der Waals surface area (Å²) in [5, 5.41) is 5.80. The Morgan fingerprint density at radius 3 is 2.28 bits per heavy atom. The second-order valence-electron chi connectivity index (χ2n) is 7.31. The highest BCUT2D eigenvalue weighted by Crippen LogP contribution is 2.37. The molecule has 2 aliphatic heterocycles. The first kappa shape index (κ1) is 16.7. The SMILES string of the molecule is N[C@H]1C[C@@H](N2CC3NC(=O)NC3C2)CCC1c1cc(F)c(F)cc1F. The molecule has 136 valence electrons. The van der Waals surface area contributed by atoms with Crippen molar-refractivity contribution in [2.45, 2.75) is 49.3 Å². The van der Waals surface area contributed by atoms with E-state index >= 15 is 0 Å². The third-order valence-corrected chi connectivity index (χ3v) is 5.81. The highest BCUT2D eigenvalue weighted by Gasteiger charge is 2.43. The Kier molecular flexibility index (Phi) is 4.11. The maximum absolute atomic E-state index is 14.1. The van der Waals surface area contributed by atoms with E-state index in [1.165, 1.54) is 0 Å². The van der Waals surface area contributed by atoms with Crippen LogP contribution >= 0.6 is 0 Å². The molecule has 0 aromatic heterocycles. The van der Waals surface area contributed by atoms with Crippen LogP contribution in [0.25, 0.3) is 0 Å². The standard InChI is InChI=1S/C17H21F3N4O/c18-11-5-13(20)12(19)4-10(11)9-2-1-8(3-14(9)21)24-6-15-16(7-24)23-17(25)22-15/h4-5,8-9,14-16H,1-3,6-7,21H2,(H2,22,23,25)/t8-,9?,14-,15?,16?/m0/s1. The van der Waals surface area contributed by atoms with Gasteiger partial charge < -0.3 is 16.4 Å². The van der Waals surface area contributed by atoms with Gasteiger partial charge >= 0.3 is 6.03 Å². The van der Waals surface area contributed by atoms with Crippen LogP contribution in [0, 0.1) is 17.5 Å². The van der Waals surface area contributed by atoms with Crippen LogP contribution in [0.5, 0.6) is 0 Å². The molecule has 2 saturated heterocycles. The second-order valence-corrected chi connectivity index (χ2v) is 7.31. The van der Waals surface area contributed by atoms with Gasteiger partial charge in [-0.2, -0.15) is 0 Å². The highest BCUT2D eigenvalue weighted by molar-refractivity contribution is 5.77. The van der Waals surface area contributed by atoms with Crippen molar-refractivity contribution in [2.24, 2.45) is 5.73 Å². The Bertz CT molecular complexity index is 685. The zero-order chi connectivity index (χ0) is 17.7. The molecule has 2 heterocycles. The minimum absolute atomic E-state index is 0.116. The lowest BCUT2D eigenvalue weighted by atomic mass is 9.77. The van der Waals surface area contributed by atoms with E-state index in [-0.39, 0.29) is 41.7 Å². The first-order chi connectivity index (χ1) is 11.9. The lowest BCUT2D eigenvalue weighted by molar-refractivity contribution is 0.160. The molecule has 1 saturated carbocycles. The number of nitrogens with one attached hydrogen (secondary N) is 2. The number of nitrogens with two attached hydrogens (primary N) is 1. The van der Waals surface area contributed by atoms with E-state index < -0.39 is 17.5 Å². The fourth-order valence-electron chi connectivity index (χ4n) is 4.53. The number of hydrogen-bond donors (Lipinski definition) is 3. The van der Waals surface area contributed by atoms with Gasteiger partial charge in [0.2, 0.25) is 0 Å². The Morgan fingerprint density at radius 1 is 1.00 bits per heavy atom. The topological polar surface area (TPSA) is 70.4 Å². The van der Waals surface area contributed by atoms with Gasteiger partial charge in [0, 0.05) is 37.2 Å². The van der Waals surface area contributed by atoms with E-state index in [4.69, 9.17) is 5.73 Å². The summed E-state index contributed by atoms with van der Waals surface area (Å²) in [5.41, 5.74) is 6.43. The number of urea groups is 1. The highest BCUT2D eigenvalue weighted by atomic mass is 19.2. The van der Waals surface area contributed by atoms with Crippen LogP contribution in [-0.4, -0.2) is 48.2 Å². The first-order valence-electron chi connectivity index (χ1n) is 8.63. The largest absolute Gasteiger partial charge is 0.332 e. The molecule has 3 aliphatic rings. The zero-order valence-electron chi connectivity index (χ0n) is 13.6. The Labute approximate surface area is 143 Å². The van der Waals surface area contributed by atoms with Crippen LogP contribution < -0.4 is 16.4 Å². The average Bonchev–Trinajstić information content (AvgIpc) is 3.08. The lowest BCUT2D eigenvalue weighted by Crippen LogP contribution is -2.47. The summed E-state index contributed by atoms with van der Waals surface area (Å²) in [6.07, 6.45) is 2.10. The molecule has 0 radical (unpaired) electrons. The van der Waals surface area contributed by atoms with Gasteiger partial charge in [-0.25, -0.2) is 18.0 Å². The average molecular weight is 354 g/mol. The van der Waals surface area contributed by atoms with Crippen molar-refractivity contribution in [1.29, 1.82) is 0 Å². The van der Waals surface area contributed by atoms with E-state index in [1.807, 2.05) is 0 Å². The smallest absolute Gasteiger partial charge is 0.315 e. The molecular weight excluding hydrogens is 333 g/mol. The molecule has 1 aromatic rings. The van der Waals surface area contributed by atoms with Crippen LogP contribution in [0.1, 0.15) is 30.7 Å². The summed E-state index contributed by atoms with van der Waals surface area (Å²) in [5.74, 6) is -3.27. The second kappa shape index (κ2) is 6.17. The van der Waals surface area contributed by atoms with E-state index in [2.05, 4.69) is 15.5 Å². The van der Waals surface area contributed by atoms with Gasteiger partial charge in [-0.3, -0.25) is 4.90 Å². The normalized spacial score (nSPS) is 35.4. The van der Waals surface area contributed by atoms with E-state index in [0.717, 1.165) is 25.6 Å². The summed E-state index contributed by atoms with van der Waals surface area (Å²) >= 11 is 0. The van der Waals surface area contributed by atoms with Gasteiger partial charge in [0.1, 0.15) is 5.82 Å². The number of nitrogens with zero attached hydrogens (tertiary/aromatic N) is 1. The minimum atomic E-state index is -1.18. The summed E-state index contributed by atoms with van der Waals surface area (Å²) in [4.78, 5) is 13.6. The summed E-state index contributed by atoms with van der Waals surface area (Å²) in [6.45, 7) is 1.54. The van der Waals surface area contributed by atoms with Crippen LogP contribution in [0.15, 0.2) is 12.1 Å². The van der Waals surface area contributed by atoms with Crippen LogP contribution in [0.2, 0.25) is 0 Å². The molecule has 1 aliphatic carbocycles. The van der Waals surface area contributed by atoms with E-state index in [1.54, 1.807) is 0 Å². The van der Waals surface area contributed by atoms with Gasteiger partial charge in [-0.1, -0.05) is 0 Å². The predicted molar refractivity (Wildman–Crippen MR) is 85.5 cm³/mol. The molecule has 4 rings (SSSR count). The van der Waals surface area contributed by atoms with Gasteiger partial charge in [0.15, 0.2) is 11.6 Å². The molecule has 8 heteroatoms. The van der Waals surface area contributed by atoms with E-state index in [9.17, 15) is 18.0 Å². The number of halogens is 3. The molecule has 4 N–H and O–H groups in total. The molecule has 0 spiro atoms. The number of carbonyl (C=O) groups excluding carboxylic acids is 1. The molecule has 5 nitrogen and oxygen atoms in total. The van der Waals surface area contributed by atoms with Crippen molar-refractivity contribution < 1.29 is 18.0 Å². The van der Waals surface area contributed by atoms with Gasteiger partial charge in [-0.15, -0.1) is 0 Å². The number of hydrogen-bond acceptors (Lipinski definition) is 3. The van der Waals surface area contributed by atoms with Crippen molar-refractivity contribution in [3.8, 4) is 0 Å². The zero-order valence-corrected chi connectivity index (χ0v) is 13.6. The maximum Gasteiger partial charge on any atom is 0.315 e. The first-order valence-corrected chi connectivity index (χ1v) is 8.63. The fraction of sp³-hybridized carbons (Fsp3) is 0.588. The fourth-order valence-corrected chi connectivity index (χ4v) is 4.53. The summed E-state index contributed by atoms with van der Waals surface area (Å²) < 4.78 is 40.7. The summed E-state index contributed by atoms with van der Waals surface area (Å²) in [7, 11) is 0. The van der Waals surface area contributed by atoms with Gasteiger partial charge in [0.05, 0.1) is 12.1 Å². The van der Waals surface area contributed by atoms with Crippen molar-refractivity contribution in [3.63, 3.8) is 0 Å². The van der Waals surface area contributed by atoms with Gasteiger partial charge in [0.25, 0.3) is 0 Å². The molecule has 25 heavy (non-hydrogen) atoms. The number of carbonyl (C=O) groups is 1. The predicted octanol–water partition coefficient (Wildman–Crippen LogP) is 1.43. The van der Waals surface area contributed by atoms with Crippen molar-refractivity contribution in [2.75, 3.05) is 13.1 Å². The molecule has 2 amide bonds. The Morgan fingerprint density at radius 2 is 1.64 bits per heavy atom. The quantitative estimate of drug-likeness (QED) is 0.704. The van der Waals surface area contributed by atoms with Crippen LogP contribution in [0.3, 0.4) is 0 Å². The van der Waals surface area contributed by atoms with Crippen LogP contribution in [-0.2, 0) is 0 Å². The third-order valence-electron chi connectivity index (χ3n) is 5.81. The number of amides is 2. The minimum Gasteiger partial charge on any atom is -0.332 e. The Balaban J connectivity index is 1.43.